The lowest BCUT2D eigenvalue weighted by atomic mass is 10.1. The molecule has 7 heteroatoms. The van der Waals surface area contributed by atoms with E-state index >= 15 is 0 Å². The molecule has 2 heterocycles. The predicted molar refractivity (Wildman–Crippen MR) is 82.0 cm³/mol. The van der Waals surface area contributed by atoms with Gasteiger partial charge in [0.2, 0.25) is 0 Å². The van der Waals surface area contributed by atoms with Crippen LogP contribution in [0, 0.1) is 22.8 Å². The van der Waals surface area contributed by atoms with E-state index in [2.05, 4.69) is 16.4 Å². The highest BCUT2D eigenvalue weighted by Crippen LogP contribution is 2.18. The number of carbonyl (C=O) groups is 1. The second-order valence-electron chi connectivity index (χ2n) is 5.14. The van der Waals surface area contributed by atoms with Crippen molar-refractivity contribution in [2.24, 2.45) is 0 Å². The van der Waals surface area contributed by atoms with Gasteiger partial charge in [-0.2, -0.15) is 10.5 Å². The van der Waals surface area contributed by atoms with E-state index in [0.717, 1.165) is 10.8 Å². The summed E-state index contributed by atoms with van der Waals surface area (Å²) in [6.07, 6.45) is 2.95. The number of aromatic nitrogens is 1. The van der Waals surface area contributed by atoms with Crippen LogP contribution in [0.4, 0.5) is 5.82 Å². The fourth-order valence-electron chi connectivity index (χ4n) is 2.38. The van der Waals surface area contributed by atoms with Gasteiger partial charge in [0.1, 0.15) is 5.82 Å². The summed E-state index contributed by atoms with van der Waals surface area (Å²) >= 11 is 0. The molecule has 114 valence electrons. The van der Waals surface area contributed by atoms with Crippen LogP contribution < -0.4 is 5.32 Å². The Morgan fingerprint density at radius 2 is 2.22 bits per heavy atom. The zero-order valence-corrected chi connectivity index (χ0v) is 12.2. The van der Waals surface area contributed by atoms with Gasteiger partial charge in [0, 0.05) is 11.6 Å². The van der Waals surface area contributed by atoms with Gasteiger partial charge in [-0.1, -0.05) is 6.07 Å². The van der Waals surface area contributed by atoms with Crippen molar-refractivity contribution >= 4 is 22.5 Å². The van der Waals surface area contributed by atoms with Crippen molar-refractivity contribution in [3.05, 3.63) is 36.0 Å². The maximum Gasteiger partial charge on any atom is 0.256 e. The molecule has 1 amide bonds. The molecule has 23 heavy (non-hydrogen) atoms. The standard InChI is InChI=1S/C16H13N5O2/c17-7-11-1-2-12-8-19-15(6-13(12)5-11)20-16(22)14-9-21(10-18)3-4-23-14/h1-2,5-6,8,14H,3-4,9H2,(H,19,20,22)/t14-/m1/s1. The van der Waals surface area contributed by atoms with Crippen LogP contribution in [-0.4, -0.2) is 41.6 Å². The Hall–Kier alpha value is -3.16. The third-order valence-electron chi connectivity index (χ3n) is 3.60. The minimum atomic E-state index is -0.702. The fraction of sp³-hybridized carbons (Fsp3) is 0.250. The number of anilines is 1. The number of nitrogens with one attached hydrogen (secondary N) is 1. The molecule has 0 radical (unpaired) electrons. The van der Waals surface area contributed by atoms with E-state index in [-0.39, 0.29) is 12.5 Å². The second-order valence-corrected chi connectivity index (χ2v) is 5.14. The molecule has 1 atom stereocenters. The van der Waals surface area contributed by atoms with Crippen molar-refractivity contribution in [3.8, 4) is 12.3 Å². The van der Waals surface area contributed by atoms with Crippen LogP contribution in [0.2, 0.25) is 0 Å². The molecule has 3 rings (SSSR count). The number of ether oxygens (including phenoxy) is 1. The van der Waals surface area contributed by atoms with Gasteiger partial charge >= 0.3 is 0 Å². The monoisotopic (exact) mass is 307 g/mol. The number of rotatable bonds is 2. The number of morpholine rings is 1. The van der Waals surface area contributed by atoms with Crippen LogP contribution in [0.1, 0.15) is 5.56 Å². The lowest BCUT2D eigenvalue weighted by Crippen LogP contribution is -2.46. The van der Waals surface area contributed by atoms with E-state index in [1.165, 1.54) is 4.90 Å². The Labute approximate surface area is 132 Å². The van der Waals surface area contributed by atoms with Crippen molar-refractivity contribution in [2.45, 2.75) is 6.10 Å². The van der Waals surface area contributed by atoms with Crippen molar-refractivity contribution in [2.75, 3.05) is 25.0 Å². The molecule has 1 saturated heterocycles. The summed E-state index contributed by atoms with van der Waals surface area (Å²) in [6, 6.07) is 9.05. The zero-order valence-electron chi connectivity index (χ0n) is 12.2. The Morgan fingerprint density at radius 3 is 3.00 bits per heavy atom. The van der Waals surface area contributed by atoms with E-state index in [4.69, 9.17) is 15.3 Å². The third kappa shape index (κ3) is 3.20. The first-order valence-electron chi connectivity index (χ1n) is 7.06. The van der Waals surface area contributed by atoms with E-state index in [9.17, 15) is 4.79 Å². The van der Waals surface area contributed by atoms with Crippen molar-refractivity contribution in [1.29, 1.82) is 10.5 Å². The molecule has 1 aliphatic rings. The van der Waals surface area contributed by atoms with Gasteiger partial charge in [-0.15, -0.1) is 0 Å². The number of hydrogen-bond donors (Lipinski definition) is 1. The highest BCUT2D eigenvalue weighted by molar-refractivity contribution is 5.95. The number of pyridine rings is 1. The summed E-state index contributed by atoms with van der Waals surface area (Å²) in [7, 11) is 0. The average Bonchev–Trinajstić information content (AvgIpc) is 2.61. The predicted octanol–water partition coefficient (Wildman–Crippen LogP) is 1.23. The summed E-state index contributed by atoms with van der Waals surface area (Å²) in [5, 5.41) is 22.2. The lowest BCUT2D eigenvalue weighted by Gasteiger charge is -2.28. The Bertz CT molecular complexity index is 836. The van der Waals surface area contributed by atoms with Crippen LogP contribution in [0.5, 0.6) is 0 Å². The fourth-order valence-corrected chi connectivity index (χ4v) is 2.38. The van der Waals surface area contributed by atoms with E-state index in [1.54, 1.807) is 24.4 Å². The van der Waals surface area contributed by atoms with Gasteiger partial charge in [-0.25, -0.2) is 4.98 Å². The van der Waals surface area contributed by atoms with Crippen LogP contribution >= 0.6 is 0 Å². The van der Waals surface area contributed by atoms with Gasteiger partial charge in [-0.3, -0.25) is 4.79 Å². The molecule has 2 aromatic rings. The molecule has 0 unspecified atom stereocenters. The average molecular weight is 307 g/mol. The minimum Gasteiger partial charge on any atom is -0.365 e. The van der Waals surface area contributed by atoms with Crippen molar-refractivity contribution < 1.29 is 9.53 Å². The van der Waals surface area contributed by atoms with E-state index in [0.29, 0.717) is 24.5 Å². The zero-order chi connectivity index (χ0) is 16.2. The highest BCUT2D eigenvalue weighted by atomic mass is 16.5. The molecular weight excluding hydrogens is 294 g/mol. The van der Waals surface area contributed by atoms with Crippen molar-refractivity contribution in [3.63, 3.8) is 0 Å². The summed E-state index contributed by atoms with van der Waals surface area (Å²) in [5.74, 6) is 0.0449. The number of nitrogens with zero attached hydrogens (tertiary/aromatic N) is 4. The van der Waals surface area contributed by atoms with E-state index < -0.39 is 6.10 Å². The number of carbonyl (C=O) groups excluding carboxylic acids is 1. The largest absolute Gasteiger partial charge is 0.365 e. The van der Waals surface area contributed by atoms with E-state index in [1.807, 2.05) is 12.3 Å². The van der Waals surface area contributed by atoms with Gasteiger partial charge < -0.3 is 15.0 Å². The molecule has 0 saturated carbocycles. The summed E-state index contributed by atoms with van der Waals surface area (Å²) in [4.78, 5) is 17.9. The molecule has 1 N–H and O–H groups in total. The highest BCUT2D eigenvalue weighted by Gasteiger charge is 2.26. The topological polar surface area (TPSA) is 102 Å². The molecule has 1 fully saturated rings. The van der Waals surface area contributed by atoms with Gasteiger partial charge in [0.25, 0.3) is 5.91 Å². The first-order valence-corrected chi connectivity index (χ1v) is 7.06. The Balaban J connectivity index is 1.77. The molecular formula is C16H13N5O2. The number of benzene rings is 1. The maximum atomic E-state index is 12.2. The second kappa shape index (κ2) is 6.30. The molecule has 0 aliphatic carbocycles. The smallest absolute Gasteiger partial charge is 0.256 e. The maximum absolute atomic E-state index is 12.2. The third-order valence-corrected chi connectivity index (χ3v) is 3.60. The lowest BCUT2D eigenvalue weighted by molar-refractivity contribution is -0.131. The van der Waals surface area contributed by atoms with Crippen LogP contribution in [-0.2, 0) is 9.53 Å². The molecule has 1 aromatic heterocycles. The first kappa shape index (κ1) is 14.8. The Kier molecular flexibility index (Phi) is 4.05. The van der Waals surface area contributed by atoms with Crippen LogP contribution in [0.15, 0.2) is 30.5 Å². The number of hydrogen-bond acceptors (Lipinski definition) is 6. The van der Waals surface area contributed by atoms with Crippen LogP contribution in [0.25, 0.3) is 10.8 Å². The van der Waals surface area contributed by atoms with Crippen LogP contribution in [0.3, 0.4) is 0 Å². The number of nitriles is 2. The normalized spacial score (nSPS) is 17.3. The van der Waals surface area contributed by atoms with Gasteiger partial charge in [0.15, 0.2) is 12.3 Å². The van der Waals surface area contributed by atoms with Gasteiger partial charge in [0.05, 0.1) is 31.3 Å². The summed E-state index contributed by atoms with van der Waals surface area (Å²) in [6.45, 7) is 1.06. The summed E-state index contributed by atoms with van der Waals surface area (Å²) < 4.78 is 5.39. The molecule has 0 bridgehead atoms. The molecule has 7 nitrogen and oxygen atoms in total. The quantitative estimate of drug-likeness (QED) is 0.837. The minimum absolute atomic E-state index is 0.231. The SMILES string of the molecule is N#Cc1ccc2cnc(NC(=O)[C@H]3CN(C#N)CCO3)cc2c1. The first-order chi connectivity index (χ1) is 11.2. The molecule has 1 aromatic carbocycles. The summed E-state index contributed by atoms with van der Waals surface area (Å²) in [5.41, 5.74) is 0.543. The molecule has 0 spiro atoms. The molecule has 1 aliphatic heterocycles. The van der Waals surface area contributed by atoms with Gasteiger partial charge in [-0.05, 0) is 23.6 Å². The Morgan fingerprint density at radius 1 is 1.35 bits per heavy atom. The number of amides is 1. The number of fused-ring (bicyclic) bond motifs is 1. The van der Waals surface area contributed by atoms with Crippen molar-refractivity contribution in [1.82, 2.24) is 9.88 Å².